The van der Waals surface area contributed by atoms with Crippen molar-refractivity contribution >= 4 is 36.2 Å². The number of unbranched alkanes of at least 4 members (excludes halogenated alkanes) is 1. The minimum atomic E-state index is 0.0143. The molecule has 1 aromatic carbocycles. The zero-order valence-electron chi connectivity index (χ0n) is 10.7. The molecular weight excluding hydrogens is 252 g/mol. The van der Waals surface area contributed by atoms with Crippen LogP contribution in [0.15, 0.2) is 4.79 Å². The number of nitrogens with zero attached hydrogens (tertiary/aromatic N) is 2. The fourth-order valence-electron chi connectivity index (χ4n) is 1.81. The van der Waals surface area contributed by atoms with Crippen LogP contribution >= 0.6 is 24.8 Å². The molecular formula is C12H20N2OS2. The van der Waals surface area contributed by atoms with Crippen molar-refractivity contribution in [1.82, 2.24) is 0 Å². The standard InChI is InChI=1S/C12H20N2OS2/c1-4-13(2)9-10(12(17)11(9)15)14(3)7-5-6-8-16/h16H,4-8H2,1-3H3. The van der Waals surface area contributed by atoms with Gasteiger partial charge in [-0.1, -0.05) is 12.2 Å². The zero-order valence-corrected chi connectivity index (χ0v) is 12.4. The summed E-state index contributed by atoms with van der Waals surface area (Å²) in [6, 6.07) is 0. The van der Waals surface area contributed by atoms with Crippen molar-refractivity contribution in [3.63, 3.8) is 0 Å². The van der Waals surface area contributed by atoms with E-state index in [0.717, 1.165) is 43.1 Å². The molecule has 0 unspecified atom stereocenters. The van der Waals surface area contributed by atoms with E-state index in [9.17, 15) is 4.79 Å². The molecule has 5 heteroatoms. The Balaban J connectivity index is 2.80. The van der Waals surface area contributed by atoms with Crippen LogP contribution in [0.1, 0.15) is 19.8 Å². The van der Waals surface area contributed by atoms with Gasteiger partial charge in [-0.25, -0.2) is 0 Å². The second kappa shape index (κ2) is 6.40. The predicted octanol–water partition coefficient (Wildman–Crippen LogP) is 2.25. The molecule has 0 aliphatic heterocycles. The van der Waals surface area contributed by atoms with Crippen LogP contribution in [0, 0.1) is 4.51 Å². The zero-order chi connectivity index (χ0) is 13.0. The monoisotopic (exact) mass is 272 g/mol. The van der Waals surface area contributed by atoms with Crippen molar-refractivity contribution in [2.24, 2.45) is 0 Å². The van der Waals surface area contributed by atoms with E-state index in [0.29, 0.717) is 4.51 Å². The van der Waals surface area contributed by atoms with Gasteiger partial charge in [-0.3, -0.25) is 4.79 Å². The SMILES string of the molecule is CCN(C)c1c(N(C)CCCCS)c(=S)c1=O. The Morgan fingerprint density at radius 3 is 2.35 bits per heavy atom. The Bertz CT molecular complexity index is 438. The summed E-state index contributed by atoms with van der Waals surface area (Å²) in [5.41, 5.74) is 1.72. The van der Waals surface area contributed by atoms with E-state index < -0.39 is 0 Å². The van der Waals surface area contributed by atoms with Crippen molar-refractivity contribution in [1.29, 1.82) is 0 Å². The van der Waals surface area contributed by atoms with Crippen molar-refractivity contribution in [3.8, 4) is 0 Å². The van der Waals surface area contributed by atoms with Gasteiger partial charge in [0.2, 0.25) is 5.43 Å². The van der Waals surface area contributed by atoms with E-state index in [1.54, 1.807) is 0 Å². The molecule has 0 spiro atoms. The maximum atomic E-state index is 11.7. The number of hydrogen-bond acceptors (Lipinski definition) is 5. The van der Waals surface area contributed by atoms with Crippen LogP contribution in [-0.2, 0) is 0 Å². The second-order valence-corrected chi connectivity index (χ2v) is 5.08. The largest absolute Gasteiger partial charge is 0.372 e. The molecule has 0 atom stereocenters. The van der Waals surface area contributed by atoms with E-state index in [4.69, 9.17) is 12.2 Å². The fraction of sp³-hybridized carbons (Fsp3) is 0.667. The molecule has 0 fully saturated rings. The summed E-state index contributed by atoms with van der Waals surface area (Å²) in [5, 5.41) is 0. The van der Waals surface area contributed by atoms with Crippen LogP contribution in [-0.4, -0.2) is 32.9 Å². The van der Waals surface area contributed by atoms with E-state index >= 15 is 0 Å². The number of hydrogen-bond donors (Lipinski definition) is 1. The lowest BCUT2D eigenvalue weighted by Crippen LogP contribution is -2.33. The van der Waals surface area contributed by atoms with Crippen LogP contribution in [0.5, 0.6) is 0 Å². The van der Waals surface area contributed by atoms with Gasteiger partial charge >= 0.3 is 0 Å². The molecule has 0 aliphatic rings. The van der Waals surface area contributed by atoms with Crippen molar-refractivity contribution in [3.05, 3.63) is 14.7 Å². The summed E-state index contributed by atoms with van der Waals surface area (Å²) in [4.78, 5) is 15.8. The molecule has 17 heavy (non-hydrogen) atoms. The molecule has 0 saturated heterocycles. The van der Waals surface area contributed by atoms with Crippen molar-refractivity contribution in [2.75, 3.05) is 42.7 Å². The highest BCUT2D eigenvalue weighted by Gasteiger charge is 2.23. The maximum absolute atomic E-state index is 11.7. The van der Waals surface area contributed by atoms with Gasteiger partial charge in [0.1, 0.15) is 10.2 Å². The average Bonchev–Trinajstić information content (AvgIpc) is 2.33. The minimum absolute atomic E-state index is 0.0143. The quantitative estimate of drug-likeness (QED) is 0.467. The molecule has 0 aromatic heterocycles. The van der Waals surface area contributed by atoms with Gasteiger partial charge in [-0.2, -0.15) is 12.6 Å². The Morgan fingerprint density at radius 2 is 1.82 bits per heavy atom. The molecule has 3 nitrogen and oxygen atoms in total. The molecule has 0 bridgehead atoms. The predicted molar refractivity (Wildman–Crippen MR) is 81.2 cm³/mol. The van der Waals surface area contributed by atoms with E-state index in [-0.39, 0.29) is 5.43 Å². The van der Waals surface area contributed by atoms with Gasteiger partial charge in [0.05, 0.1) is 5.69 Å². The lowest BCUT2D eigenvalue weighted by Gasteiger charge is -2.29. The summed E-state index contributed by atoms with van der Waals surface area (Å²) >= 11 is 9.33. The molecule has 1 rings (SSSR count). The van der Waals surface area contributed by atoms with Crippen LogP contribution in [0.3, 0.4) is 0 Å². The first kappa shape index (κ1) is 14.5. The van der Waals surface area contributed by atoms with Crippen LogP contribution < -0.4 is 15.2 Å². The second-order valence-electron chi connectivity index (χ2n) is 4.22. The summed E-state index contributed by atoms with van der Waals surface area (Å²) in [7, 11) is 3.92. The molecule has 96 valence electrons. The third-order valence-corrected chi connectivity index (χ3v) is 3.70. The lowest BCUT2D eigenvalue weighted by molar-refractivity contribution is 0.768. The van der Waals surface area contributed by atoms with Gasteiger partial charge in [0, 0.05) is 27.2 Å². The fourth-order valence-corrected chi connectivity index (χ4v) is 2.38. The Kier molecular flexibility index (Phi) is 5.46. The topological polar surface area (TPSA) is 23.6 Å². The van der Waals surface area contributed by atoms with Gasteiger partial charge in [0.15, 0.2) is 0 Å². The first-order valence-corrected chi connectivity index (χ1v) is 6.95. The maximum Gasteiger partial charge on any atom is 0.224 e. The van der Waals surface area contributed by atoms with Crippen LogP contribution in [0.2, 0.25) is 0 Å². The summed E-state index contributed by atoms with van der Waals surface area (Å²) in [5.74, 6) is 0.901. The third-order valence-electron chi connectivity index (χ3n) is 3.00. The summed E-state index contributed by atoms with van der Waals surface area (Å²) in [6.07, 6.45) is 2.16. The van der Waals surface area contributed by atoms with E-state index in [1.165, 1.54) is 0 Å². The van der Waals surface area contributed by atoms with Gasteiger partial charge in [0.25, 0.3) is 0 Å². The van der Waals surface area contributed by atoms with Gasteiger partial charge < -0.3 is 9.80 Å². The molecule has 0 N–H and O–H groups in total. The Morgan fingerprint density at radius 1 is 1.18 bits per heavy atom. The van der Waals surface area contributed by atoms with E-state index in [2.05, 4.69) is 17.5 Å². The number of anilines is 2. The molecule has 0 radical (unpaired) electrons. The minimum Gasteiger partial charge on any atom is -0.372 e. The first-order valence-electron chi connectivity index (χ1n) is 5.91. The molecule has 0 amide bonds. The van der Waals surface area contributed by atoms with Gasteiger partial charge in [-0.15, -0.1) is 0 Å². The third kappa shape index (κ3) is 3.01. The molecule has 0 heterocycles. The highest BCUT2D eigenvalue weighted by molar-refractivity contribution is 7.80. The van der Waals surface area contributed by atoms with E-state index in [1.807, 2.05) is 25.9 Å². The number of thiol groups is 1. The van der Waals surface area contributed by atoms with Crippen molar-refractivity contribution < 1.29 is 0 Å². The van der Waals surface area contributed by atoms with Crippen LogP contribution in [0.4, 0.5) is 11.4 Å². The first-order chi connectivity index (χ1) is 8.04. The molecule has 1 aromatic rings. The van der Waals surface area contributed by atoms with Gasteiger partial charge in [-0.05, 0) is 25.5 Å². The number of rotatable bonds is 7. The average molecular weight is 272 g/mol. The Hall–Kier alpha value is -0.550. The summed E-state index contributed by atoms with van der Waals surface area (Å²) in [6.45, 7) is 3.77. The highest BCUT2D eigenvalue weighted by atomic mass is 32.1. The Labute approximate surface area is 114 Å². The molecule has 0 aliphatic carbocycles. The lowest BCUT2D eigenvalue weighted by atomic mass is 10.1. The van der Waals surface area contributed by atoms with Crippen LogP contribution in [0.25, 0.3) is 0 Å². The highest BCUT2D eigenvalue weighted by Crippen LogP contribution is 2.29. The smallest absolute Gasteiger partial charge is 0.224 e. The normalized spacial score (nSPS) is 10.8. The van der Waals surface area contributed by atoms with Crippen molar-refractivity contribution in [2.45, 2.75) is 19.8 Å². The molecule has 0 saturated carbocycles. The summed E-state index contributed by atoms with van der Waals surface area (Å²) < 4.78 is 0.480.